The van der Waals surface area contributed by atoms with E-state index in [1.165, 1.54) is 0 Å². The Morgan fingerprint density at radius 1 is 1.31 bits per heavy atom. The topological polar surface area (TPSA) is 24.1 Å². The number of rotatable bonds is 2. The molecule has 1 aromatic rings. The third kappa shape index (κ3) is 2.95. The molecule has 1 atom stereocenters. The van der Waals surface area contributed by atoms with E-state index >= 15 is 0 Å². The summed E-state index contributed by atoms with van der Waals surface area (Å²) in [5.41, 5.74) is 1.60. The quantitative estimate of drug-likeness (QED) is 0.804. The maximum absolute atomic E-state index is 13.6. The molecule has 0 amide bonds. The van der Waals surface area contributed by atoms with Crippen molar-refractivity contribution in [3.63, 3.8) is 0 Å². The van der Waals surface area contributed by atoms with Gasteiger partial charge in [-0.25, -0.2) is 4.39 Å². The molecule has 1 saturated heterocycles. The largest absolute Gasteiger partial charge is 0.380 e. The summed E-state index contributed by atoms with van der Waals surface area (Å²) in [6.45, 7) is 4.00. The highest BCUT2D eigenvalue weighted by Crippen LogP contribution is 2.19. The van der Waals surface area contributed by atoms with E-state index in [0.29, 0.717) is 11.7 Å². The number of nitrogens with one attached hydrogen (secondary N) is 2. The average Bonchev–Trinajstić information content (AvgIpc) is 2.51. The van der Waals surface area contributed by atoms with E-state index < -0.39 is 0 Å². The second-order valence-electron chi connectivity index (χ2n) is 4.51. The lowest BCUT2D eigenvalue weighted by Crippen LogP contribution is -2.22. The van der Waals surface area contributed by atoms with Crippen molar-refractivity contribution < 1.29 is 4.39 Å². The van der Waals surface area contributed by atoms with E-state index in [2.05, 4.69) is 10.6 Å². The molecule has 0 aromatic heterocycles. The fourth-order valence-corrected chi connectivity index (χ4v) is 2.12. The third-order valence-corrected chi connectivity index (χ3v) is 3.06. The minimum Gasteiger partial charge on any atom is -0.380 e. The molecule has 3 heteroatoms. The van der Waals surface area contributed by atoms with Crippen molar-refractivity contribution in [2.24, 2.45) is 0 Å². The Morgan fingerprint density at radius 3 is 3.00 bits per heavy atom. The molecule has 16 heavy (non-hydrogen) atoms. The van der Waals surface area contributed by atoms with Gasteiger partial charge in [0.2, 0.25) is 0 Å². The summed E-state index contributed by atoms with van der Waals surface area (Å²) in [6, 6.07) is 5.76. The fraction of sp³-hybridized carbons (Fsp3) is 0.538. The highest BCUT2D eigenvalue weighted by molar-refractivity contribution is 5.46. The molecule has 1 heterocycles. The first-order chi connectivity index (χ1) is 7.75. The van der Waals surface area contributed by atoms with Crippen molar-refractivity contribution in [2.75, 3.05) is 18.4 Å². The number of hydrogen-bond acceptors (Lipinski definition) is 2. The van der Waals surface area contributed by atoms with Gasteiger partial charge in [-0.3, -0.25) is 0 Å². The van der Waals surface area contributed by atoms with Crippen molar-refractivity contribution in [3.05, 3.63) is 29.6 Å². The zero-order valence-electron chi connectivity index (χ0n) is 9.72. The van der Waals surface area contributed by atoms with Gasteiger partial charge < -0.3 is 10.6 Å². The van der Waals surface area contributed by atoms with E-state index in [0.717, 1.165) is 37.9 Å². The molecule has 2 rings (SSSR count). The average molecular weight is 222 g/mol. The third-order valence-electron chi connectivity index (χ3n) is 3.06. The first-order valence-corrected chi connectivity index (χ1v) is 5.99. The van der Waals surface area contributed by atoms with Crippen LogP contribution in [0.4, 0.5) is 10.1 Å². The second-order valence-corrected chi connectivity index (χ2v) is 4.51. The lowest BCUT2D eigenvalue weighted by atomic mass is 10.1. The van der Waals surface area contributed by atoms with Crippen LogP contribution in [0.2, 0.25) is 0 Å². The maximum Gasteiger partial charge on any atom is 0.146 e. The van der Waals surface area contributed by atoms with Gasteiger partial charge in [-0.1, -0.05) is 6.07 Å². The van der Waals surface area contributed by atoms with Crippen molar-refractivity contribution in [1.29, 1.82) is 0 Å². The van der Waals surface area contributed by atoms with E-state index in [4.69, 9.17) is 0 Å². The van der Waals surface area contributed by atoms with Gasteiger partial charge in [0.15, 0.2) is 0 Å². The van der Waals surface area contributed by atoms with Crippen LogP contribution < -0.4 is 10.6 Å². The molecule has 0 saturated carbocycles. The van der Waals surface area contributed by atoms with Crippen LogP contribution in [-0.4, -0.2) is 19.1 Å². The molecule has 1 aromatic carbocycles. The lowest BCUT2D eigenvalue weighted by Gasteiger charge is -2.18. The number of anilines is 1. The second kappa shape index (κ2) is 5.30. The van der Waals surface area contributed by atoms with Gasteiger partial charge in [-0.05, 0) is 57.0 Å². The molecule has 2 nitrogen and oxygen atoms in total. The molecule has 2 N–H and O–H groups in total. The zero-order valence-corrected chi connectivity index (χ0v) is 9.72. The van der Waals surface area contributed by atoms with E-state index in [1.54, 1.807) is 6.07 Å². The molecule has 0 bridgehead atoms. The Hall–Kier alpha value is -1.09. The normalized spacial score (nSPS) is 21.5. The van der Waals surface area contributed by atoms with E-state index in [9.17, 15) is 4.39 Å². The van der Waals surface area contributed by atoms with Crippen LogP contribution in [0.25, 0.3) is 0 Å². The summed E-state index contributed by atoms with van der Waals surface area (Å²) in [7, 11) is 0. The summed E-state index contributed by atoms with van der Waals surface area (Å²) in [5.74, 6) is -0.141. The summed E-state index contributed by atoms with van der Waals surface area (Å²) in [6.07, 6.45) is 3.33. The van der Waals surface area contributed by atoms with E-state index in [1.807, 2.05) is 19.1 Å². The van der Waals surface area contributed by atoms with Crippen molar-refractivity contribution >= 4 is 5.69 Å². The van der Waals surface area contributed by atoms with Crippen molar-refractivity contribution in [3.8, 4) is 0 Å². The molecular formula is C13H19FN2. The Labute approximate surface area is 96.2 Å². The molecule has 0 spiro atoms. The lowest BCUT2D eigenvalue weighted by molar-refractivity contribution is 0.605. The molecule has 88 valence electrons. The summed E-state index contributed by atoms with van der Waals surface area (Å²) >= 11 is 0. The molecule has 1 fully saturated rings. The van der Waals surface area contributed by atoms with Gasteiger partial charge in [0.25, 0.3) is 0 Å². The zero-order chi connectivity index (χ0) is 11.4. The predicted octanol–water partition coefficient (Wildman–Crippen LogP) is 2.69. The summed E-state index contributed by atoms with van der Waals surface area (Å²) in [4.78, 5) is 0. The monoisotopic (exact) mass is 222 g/mol. The molecule has 0 aliphatic carbocycles. The minimum absolute atomic E-state index is 0.141. The highest BCUT2D eigenvalue weighted by Gasteiger charge is 2.13. The van der Waals surface area contributed by atoms with Crippen LogP contribution in [0.5, 0.6) is 0 Å². The first kappa shape index (κ1) is 11.4. The Kier molecular flexibility index (Phi) is 3.78. The number of halogens is 1. The number of benzene rings is 1. The molecule has 1 aliphatic rings. The maximum atomic E-state index is 13.6. The van der Waals surface area contributed by atoms with Crippen molar-refractivity contribution in [2.45, 2.75) is 32.2 Å². The summed E-state index contributed by atoms with van der Waals surface area (Å²) in [5, 5.41) is 6.65. The predicted molar refractivity (Wildman–Crippen MR) is 65.3 cm³/mol. The molecule has 1 unspecified atom stereocenters. The SMILES string of the molecule is Cc1ccc(NC2CCCNCC2)c(F)c1. The standard InChI is InChI=1S/C13H19FN2/c1-10-4-5-13(12(14)9-10)16-11-3-2-7-15-8-6-11/h4-5,9,11,15-16H,2-3,6-8H2,1H3. The van der Waals surface area contributed by atoms with Gasteiger partial charge in [0, 0.05) is 6.04 Å². The van der Waals surface area contributed by atoms with Crippen LogP contribution in [0, 0.1) is 12.7 Å². The molecule has 0 radical (unpaired) electrons. The van der Waals surface area contributed by atoms with E-state index in [-0.39, 0.29) is 5.82 Å². The van der Waals surface area contributed by atoms with Crippen molar-refractivity contribution in [1.82, 2.24) is 5.32 Å². The molecule has 1 aliphatic heterocycles. The molecular weight excluding hydrogens is 203 g/mol. The van der Waals surface area contributed by atoms with Gasteiger partial charge in [-0.15, -0.1) is 0 Å². The highest BCUT2D eigenvalue weighted by atomic mass is 19.1. The van der Waals surface area contributed by atoms with Gasteiger partial charge in [0.05, 0.1) is 5.69 Å². The number of hydrogen-bond donors (Lipinski definition) is 2. The Balaban J connectivity index is 2.01. The fourth-order valence-electron chi connectivity index (χ4n) is 2.12. The number of aryl methyl sites for hydroxylation is 1. The van der Waals surface area contributed by atoms with Gasteiger partial charge >= 0.3 is 0 Å². The van der Waals surface area contributed by atoms with Crippen LogP contribution in [0.3, 0.4) is 0 Å². The van der Waals surface area contributed by atoms with Crippen LogP contribution in [0.15, 0.2) is 18.2 Å². The Morgan fingerprint density at radius 2 is 2.19 bits per heavy atom. The summed E-state index contributed by atoms with van der Waals surface area (Å²) < 4.78 is 13.6. The van der Waals surface area contributed by atoms with Crippen LogP contribution in [0.1, 0.15) is 24.8 Å². The smallest absolute Gasteiger partial charge is 0.146 e. The minimum atomic E-state index is -0.141. The van der Waals surface area contributed by atoms with Gasteiger partial charge in [0.1, 0.15) is 5.82 Å². The van der Waals surface area contributed by atoms with Gasteiger partial charge in [-0.2, -0.15) is 0 Å². The first-order valence-electron chi connectivity index (χ1n) is 5.99. The van der Waals surface area contributed by atoms with Crippen LogP contribution in [-0.2, 0) is 0 Å². The Bertz CT molecular complexity index is 344. The van der Waals surface area contributed by atoms with Crippen LogP contribution >= 0.6 is 0 Å².